The van der Waals surface area contributed by atoms with Gasteiger partial charge in [-0.25, -0.2) is 9.97 Å². The van der Waals surface area contributed by atoms with E-state index in [1.54, 1.807) is 0 Å². The van der Waals surface area contributed by atoms with Crippen molar-refractivity contribution < 1.29 is 4.79 Å². The summed E-state index contributed by atoms with van der Waals surface area (Å²) in [7, 11) is 0. The monoisotopic (exact) mass is 425 g/mol. The van der Waals surface area contributed by atoms with Crippen LogP contribution in [0, 0.1) is 20.8 Å². The molecule has 1 amide bonds. The Balaban J connectivity index is 1.70. The Labute approximate surface area is 187 Å². The number of para-hydroxylation sites is 2. The summed E-state index contributed by atoms with van der Waals surface area (Å²) >= 11 is 0. The van der Waals surface area contributed by atoms with Gasteiger partial charge in [-0.05, 0) is 62.9 Å². The molecule has 1 saturated heterocycles. The van der Waals surface area contributed by atoms with Crippen molar-refractivity contribution in [2.24, 2.45) is 0 Å². The highest BCUT2D eigenvalue weighted by Crippen LogP contribution is 2.35. The minimum atomic E-state index is -0.294. The minimum absolute atomic E-state index is 0.192. The molecule has 5 rings (SSSR count). The molecular weight excluding hydrogens is 398 g/mol. The van der Waals surface area contributed by atoms with Crippen LogP contribution in [0.25, 0.3) is 16.7 Å². The number of hydrogen-bond donors (Lipinski definition) is 1. The Morgan fingerprint density at radius 2 is 1.59 bits per heavy atom. The Bertz CT molecular complexity index is 1300. The molecule has 0 spiro atoms. The lowest BCUT2D eigenvalue weighted by molar-refractivity contribution is 0.101. The van der Waals surface area contributed by atoms with E-state index in [1.807, 2.05) is 49.4 Å². The van der Waals surface area contributed by atoms with Crippen LogP contribution in [0.4, 0.5) is 11.5 Å². The predicted molar refractivity (Wildman–Crippen MR) is 129 cm³/mol. The standard InChI is InChI=1S/C26H27N5O/c1-17-11-7-8-14-21(17)27-26(32)23-28-24(30-15-9-10-16-30)22-18(2)19(3)31(25(22)29-23)20-12-5-4-6-13-20/h4-8,11-14H,9-10,15-16H2,1-3H3,(H,27,32). The van der Waals surface area contributed by atoms with Gasteiger partial charge in [-0.1, -0.05) is 36.4 Å². The van der Waals surface area contributed by atoms with Crippen LogP contribution in [0.15, 0.2) is 54.6 Å². The Morgan fingerprint density at radius 1 is 0.906 bits per heavy atom. The highest BCUT2D eigenvalue weighted by atomic mass is 16.2. The minimum Gasteiger partial charge on any atom is -0.356 e. The van der Waals surface area contributed by atoms with Gasteiger partial charge >= 0.3 is 0 Å². The summed E-state index contributed by atoms with van der Waals surface area (Å²) in [6.07, 6.45) is 2.27. The van der Waals surface area contributed by atoms with E-state index < -0.39 is 0 Å². The summed E-state index contributed by atoms with van der Waals surface area (Å²) in [5.74, 6) is 0.757. The second-order valence-electron chi connectivity index (χ2n) is 8.41. The van der Waals surface area contributed by atoms with E-state index in [0.717, 1.165) is 71.0 Å². The Kier molecular flexibility index (Phi) is 5.13. The van der Waals surface area contributed by atoms with E-state index in [2.05, 4.69) is 40.8 Å². The number of aryl methyl sites for hydroxylation is 2. The van der Waals surface area contributed by atoms with Crippen molar-refractivity contribution in [2.75, 3.05) is 23.3 Å². The van der Waals surface area contributed by atoms with Gasteiger partial charge < -0.3 is 10.2 Å². The summed E-state index contributed by atoms with van der Waals surface area (Å²) in [5, 5.41) is 4.03. The molecule has 6 heteroatoms. The van der Waals surface area contributed by atoms with Gasteiger partial charge in [-0.15, -0.1) is 0 Å². The van der Waals surface area contributed by atoms with Gasteiger partial charge in [0, 0.05) is 30.2 Å². The predicted octanol–water partition coefficient (Wildman–Crippen LogP) is 5.20. The van der Waals surface area contributed by atoms with E-state index in [9.17, 15) is 4.79 Å². The van der Waals surface area contributed by atoms with Crippen LogP contribution < -0.4 is 10.2 Å². The average Bonchev–Trinajstić information content (AvgIpc) is 3.43. The molecule has 3 heterocycles. The van der Waals surface area contributed by atoms with Crippen molar-refractivity contribution in [3.8, 4) is 5.69 Å². The summed E-state index contributed by atoms with van der Waals surface area (Å²) in [6, 6.07) is 17.9. The summed E-state index contributed by atoms with van der Waals surface area (Å²) in [4.78, 5) is 25.2. The molecule has 0 unspecified atom stereocenters. The summed E-state index contributed by atoms with van der Waals surface area (Å²) < 4.78 is 2.14. The second kappa shape index (κ2) is 8.11. The van der Waals surface area contributed by atoms with Gasteiger partial charge in [0.1, 0.15) is 5.82 Å². The second-order valence-corrected chi connectivity index (χ2v) is 8.41. The molecule has 0 atom stereocenters. The van der Waals surface area contributed by atoms with E-state index >= 15 is 0 Å². The third-order valence-electron chi connectivity index (χ3n) is 6.35. The molecule has 4 aromatic rings. The smallest absolute Gasteiger partial charge is 0.293 e. The van der Waals surface area contributed by atoms with Crippen LogP contribution in [0.5, 0.6) is 0 Å². The molecule has 162 valence electrons. The zero-order valence-electron chi connectivity index (χ0n) is 18.7. The van der Waals surface area contributed by atoms with Gasteiger partial charge in [0.05, 0.1) is 5.39 Å². The van der Waals surface area contributed by atoms with Crippen molar-refractivity contribution in [2.45, 2.75) is 33.6 Å². The van der Waals surface area contributed by atoms with Crippen LogP contribution in [0.1, 0.15) is 40.3 Å². The number of hydrogen-bond acceptors (Lipinski definition) is 4. The molecule has 6 nitrogen and oxygen atoms in total. The normalized spacial score (nSPS) is 13.7. The lowest BCUT2D eigenvalue weighted by atomic mass is 10.2. The number of aromatic nitrogens is 3. The molecule has 0 bridgehead atoms. The quantitative estimate of drug-likeness (QED) is 0.488. The molecule has 0 radical (unpaired) electrons. The van der Waals surface area contributed by atoms with E-state index in [-0.39, 0.29) is 11.7 Å². The molecule has 32 heavy (non-hydrogen) atoms. The largest absolute Gasteiger partial charge is 0.356 e. The Hall–Kier alpha value is -3.67. The molecule has 1 N–H and O–H groups in total. The average molecular weight is 426 g/mol. The molecule has 0 saturated carbocycles. The van der Waals surface area contributed by atoms with E-state index in [4.69, 9.17) is 9.97 Å². The van der Waals surface area contributed by atoms with E-state index in [1.165, 1.54) is 0 Å². The fraction of sp³-hybridized carbons (Fsp3) is 0.269. The summed E-state index contributed by atoms with van der Waals surface area (Å²) in [6.45, 7) is 8.08. The van der Waals surface area contributed by atoms with Gasteiger partial charge in [0.25, 0.3) is 5.91 Å². The van der Waals surface area contributed by atoms with E-state index in [0.29, 0.717) is 0 Å². The molecule has 1 aliphatic heterocycles. The van der Waals surface area contributed by atoms with Crippen molar-refractivity contribution in [3.05, 3.63) is 77.2 Å². The number of amides is 1. The fourth-order valence-corrected chi connectivity index (χ4v) is 4.49. The number of fused-ring (bicyclic) bond motifs is 1. The van der Waals surface area contributed by atoms with Gasteiger partial charge in [0.2, 0.25) is 5.82 Å². The van der Waals surface area contributed by atoms with Crippen molar-refractivity contribution >= 4 is 28.4 Å². The van der Waals surface area contributed by atoms with Crippen LogP contribution >= 0.6 is 0 Å². The lowest BCUT2D eigenvalue weighted by Crippen LogP contribution is -2.23. The zero-order valence-corrected chi connectivity index (χ0v) is 18.7. The van der Waals surface area contributed by atoms with Gasteiger partial charge in [-0.2, -0.15) is 0 Å². The molecule has 1 fully saturated rings. The number of nitrogens with zero attached hydrogens (tertiary/aromatic N) is 4. The number of nitrogens with one attached hydrogen (secondary N) is 1. The topological polar surface area (TPSA) is 63.1 Å². The number of carbonyl (C=O) groups is 1. The fourth-order valence-electron chi connectivity index (χ4n) is 4.49. The Morgan fingerprint density at radius 3 is 2.31 bits per heavy atom. The molecule has 2 aromatic carbocycles. The number of carbonyl (C=O) groups excluding carboxylic acids is 1. The maximum absolute atomic E-state index is 13.3. The maximum atomic E-state index is 13.3. The molecule has 0 aliphatic carbocycles. The zero-order chi connectivity index (χ0) is 22.2. The van der Waals surface area contributed by atoms with Crippen molar-refractivity contribution in [1.29, 1.82) is 0 Å². The number of rotatable bonds is 4. The lowest BCUT2D eigenvalue weighted by Gasteiger charge is -2.19. The SMILES string of the molecule is Cc1ccccc1NC(=O)c1nc(N2CCCC2)c2c(C)c(C)n(-c3ccccc3)c2n1. The van der Waals surface area contributed by atoms with Crippen LogP contribution in [-0.2, 0) is 0 Å². The van der Waals surface area contributed by atoms with Crippen LogP contribution in [-0.4, -0.2) is 33.5 Å². The first-order chi connectivity index (χ1) is 15.5. The first-order valence-corrected chi connectivity index (χ1v) is 11.1. The summed E-state index contributed by atoms with van der Waals surface area (Å²) in [5.41, 5.74) is 5.84. The number of anilines is 2. The first kappa shape index (κ1) is 20.2. The highest BCUT2D eigenvalue weighted by Gasteiger charge is 2.26. The van der Waals surface area contributed by atoms with Crippen LogP contribution in [0.3, 0.4) is 0 Å². The number of benzene rings is 2. The molecule has 2 aromatic heterocycles. The van der Waals surface area contributed by atoms with Crippen molar-refractivity contribution in [1.82, 2.24) is 14.5 Å². The maximum Gasteiger partial charge on any atom is 0.293 e. The van der Waals surface area contributed by atoms with Gasteiger partial charge in [-0.3, -0.25) is 9.36 Å². The third-order valence-corrected chi connectivity index (χ3v) is 6.35. The third kappa shape index (κ3) is 3.42. The van der Waals surface area contributed by atoms with Crippen LogP contribution in [0.2, 0.25) is 0 Å². The highest BCUT2D eigenvalue weighted by molar-refractivity contribution is 6.04. The van der Waals surface area contributed by atoms with Crippen molar-refractivity contribution in [3.63, 3.8) is 0 Å². The molecule has 1 aliphatic rings. The molecular formula is C26H27N5O. The van der Waals surface area contributed by atoms with Gasteiger partial charge in [0.15, 0.2) is 5.65 Å². The first-order valence-electron chi connectivity index (χ1n) is 11.1.